The predicted octanol–water partition coefficient (Wildman–Crippen LogP) is 0.590. The number of aromatic nitrogens is 1. The van der Waals surface area contributed by atoms with Gasteiger partial charge in [-0.2, -0.15) is 0 Å². The van der Waals surface area contributed by atoms with E-state index < -0.39 is 0 Å². The molecule has 1 unspecified atom stereocenters. The van der Waals surface area contributed by atoms with E-state index in [0.29, 0.717) is 6.04 Å². The maximum atomic E-state index is 4.32. The van der Waals surface area contributed by atoms with Crippen molar-refractivity contribution in [3.05, 3.63) is 30.1 Å². The molecule has 1 fully saturated rings. The Morgan fingerprint density at radius 1 is 1.36 bits per heavy atom. The molecule has 0 bridgehead atoms. The topological polar surface area (TPSA) is 39.0 Å². The van der Waals surface area contributed by atoms with E-state index in [0.717, 1.165) is 26.1 Å². The minimum Gasteiger partial charge on any atom is -0.312 e. The fourth-order valence-electron chi connectivity index (χ4n) is 1.72. The zero-order valence-corrected chi connectivity index (χ0v) is 8.32. The van der Waals surface area contributed by atoms with Crippen molar-refractivity contribution in [3.8, 4) is 0 Å². The Balaban J connectivity index is 1.67. The second-order valence-corrected chi connectivity index (χ2v) is 3.67. The normalized spacial score (nSPS) is 21.3. The highest BCUT2D eigenvalue weighted by Crippen LogP contribution is 2.00. The fourth-order valence-corrected chi connectivity index (χ4v) is 1.72. The van der Waals surface area contributed by atoms with Crippen LogP contribution in [0.2, 0.25) is 0 Å². The van der Waals surface area contributed by atoms with Gasteiger partial charge in [0.15, 0.2) is 0 Å². The van der Waals surface area contributed by atoms with Crippen molar-refractivity contribution >= 4 is 0 Å². The van der Waals surface area contributed by atoms with Gasteiger partial charge in [0.05, 0.1) is 0 Å². The van der Waals surface area contributed by atoms with Gasteiger partial charge in [-0.1, -0.05) is 0 Å². The first-order valence-corrected chi connectivity index (χ1v) is 5.21. The SMILES string of the molecule is c1cc(CCNC2CC[N]C2)ccn1. The molecule has 75 valence electrons. The minimum atomic E-state index is 0.622. The monoisotopic (exact) mass is 190 g/mol. The molecule has 0 spiro atoms. The lowest BCUT2D eigenvalue weighted by Gasteiger charge is -2.10. The number of pyridine rings is 1. The Morgan fingerprint density at radius 2 is 2.21 bits per heavy atom. The minimum absolute atomic E-state index is 0.622. The third-order valence-corrected chi connectivity index (χ3v) is 2.58. The van der Waals surface area contributed by atoms with Gasteiger partial charge in [-0.15, -0.1) is 0 Å². The van der Waals surface area contributed by atoms with Gasteiger partial charge in [0.25, 0.3) is 0 Å². The summed E-state index contributed by atoms with van der Waals surface area (Å²) in [7, 11) is 0. The number of rotatable bonds is 4. The van der Waals surface area contributed by atoms with Crippen molar-refractivity contribution in [2.24, 2.45) is 0 Å². The molecule has 1 N–H and O–H groups in total. The molecule has 14 heavy (non-hydrogen) atoms. The third-order valence-electron chi connectivity index (χ3n) is 2.58. The Morgan fingerprint density at radius 3 is 2.93 bits per heavy atom. The first-order valence-electron chi connectivity index (χ1n) is 5.21. The Hall–Kier alpha value is -0.930. The largest absolute Gasteiger partial charge is 0.312 e. The van der Waals surface area contributed by atoms with E-state index >= 15 is 0 Å². The van der Waals surface area contributed by atoms with E-state index in [-0.39, 0.29) is 0 Å². The van der Waals surface area contributed by atoms with Crippen molar-refractivity contribution in [3.63, 3.8) is 0 Å². The van der Waals surface area contributed by atoms with Gasteiger partial charge in [-0.3, -0.25) is 4.98 Å². The molecular formula is C11H16N3. The Bertz CT molecular complexity index is 254. The van der Waals surface area contributed by atoms with E-state index in [1.54, 1.807) is 0 Å². The molecule has 1 aromatic heterocycles. The maximum absolute atomic E-state index is 4.32. The van der Waals surface area contributed by atoms with Crippen LogP contribution >= 0.6 is 0 Å². The van der Waals surface area contributed by atoms with Crippen LogP contribution in [-0.4, -0.2) is 30.7 Å². The molecule has 2 heterocycles. The number of nitrogens with zero attached hydrogens (tertiary/aromatic N) is 2. The molecule has 1 radical (unpaired) electrons. The van der Waals surface area contributed by atoms with Gasteiger partial charge in [0, 0.05) is 31.5 Å². The summed E-state index contributed by atoms with van der Waals surface area (Å²) in [6.07, 6.45) is 5.98. The number of hydrogen-bond donors (Lipinski definition) is 1. The van der Waals surface area contributed by atoms with E-state index in [2.05, 4.69) is 27.8 Å². The maximum Gasteiger partial charge on any atom is 0.0288 e. The summed E-state index contributed by atoms with van der Waals surface area (Å²) >= 11 is 0. The van der Waals surface area contributed by atoms with E-state index in [9.17, 15) is 0 Å². The predicted molar refractivity (Wildman–Crippen MR) is 56.2 cm³/mol. The van der Waals surface area contributed by atoms with Crippen molar-refractivity contribution in [2.45, 2.75) is 18.9 Å². The molecule has 0 aliphatic carbocycles. The fraction of sp³-hybridized carbons (Fsp3) is 0.545. The molecule has 1 atom stereocenters. The average molecular weight is 190 g/mol. The quantitative estimate of drug-likeness (QED) is 0.754. The molecule has 1 saturated heterocycles. The van der Waals surface area contributed by atoms with Gasteiger partial charge in [0.1, 0.15) is 0 Å². The van der Waals surface area contributed by atoms with Crippen LogP contribution in [-0.2, 0) is 6.42 Å². The molecule has 1 aromatic rings. The third kappa shape index (κ3) is 2.79. The summed E-state index contributed by atoms with van der Waals surface area (Å²) in [6.45, 7) is 3.08. The lowest BCUT2D eigenvalue weighted by Crippen LogP contribution is -2.31. The van der Waals surface area contributed by atoms with Crippen LogP contribution in [0, 0.1) is 0 Å². The summed E-state index contributed by atoms with van der Waals surface area (Å²) in [5.41, 5.74) is 1.35. The highest BCUT2D eigenvalue weighted by Gasteiger charge is 2.13. The Labute approximate surface area is 84.9 Å². The zero-order chi connectivity index (χ0) is 9.64. The van der Waals surface area contributed by atoms with Crippen molar-refractivity contribution in [2.75, 3.05) is 19.6 Å². The van der Waals surface area contributed by atoms with Gasteiger partial charge in [0.2, 0.25) is 0 Å². The van der Waals surface area contributed by atoms with Gasteiger partial charge in [-0.05, 0) is 37.1 Å². The summed E-state index contributed by atoms with van der Waals surface area (Å²) < 4.78 is 0. The summed E-state index contributed by atoms with van der Waals surface area (Å²) in [5, 5.41) is 7.83. The van der Waals surface area contributed by atoms with Crippen LogP contribution in [0.1, 0.15) is 12.0 Å². The zero-order valence-electron chi connectivity index (χ0n) is 8.32. The van der Waals surface area contributed by atoms with Gasteiger partial charge < -0.3 is 5.32 Å². The lowest BCUT2D eigenvalue weighted by molar-refractivity contribution is 0.549. The molecule has 2 rings (SSSR count). The molecule has 0 aromatic carbocycles. The highest BCUT2D eigenvalue weighted by atomic mass is 15.0. The van der Waals surface area contributed by atoms with Gasteiger partial charge >= 0.3 is 0 Å². The molecule has 1 aliphatic heterocycles. The number of hydrogen-bond acceptors (Lipinski definition) is 2. The van der Waals surface area contributed by atoms with Crippen LogP contribution in [0.3, 0.4) is 0 Å². The van der Waals surface area contributed by atoms with Crippen LogP contribution in [0.5, 0.6) is 0 Å². The van der Waals surface area contributed by atoms with E-state index in [1.165, 1.54) is 12.0 Å². The molecular weight excluding hydrogens is 174 g/mol. The average Bonchev–Trinajstić information content (AvgIpc) is 2.72. The lowest BCUT2D eigenvalue weighted by atomic mass is 10.2. The number of nitrogens with one attached hydrogen (secondary N) is 1. The second-order valence-electron chi connectivity index (χ2n) is 3.67. The molecule has 1 aliphatic rings. The van der Waals surface area contributed by atoms with Crippen molar-refractivity contribution < 1.29 is 0 Å². The van der Waals surface area contributed by atoms with Crippen molar-refractivity contribution in [1.82, 2.24) is 15.6 Å². The first-order chi connectivity index (χ1) is 6.95. The van der Waals surface area contributed by atoms with E-state index in [4.69, 9.17) is 0 Å². The summed E-state index contributed by atoms with van der Waals surface area (Å²) in [5.74, 6) is 0. The Kier molecular flexibility index (Phi) is 3.49. The smallest absolute Gasteiger partial charge is 0.0288 e. The molecule has 3 nitrogen and oxygen atoms in total. The van der Waals surface area contributed by atoms with Gasteiger partial charge in [-0.25, -0.2) is 5.32 Å². The molecule has 3 heteroatoms. The van der Waals surface area contributed by atoms with Crippen molar-refractivity contribution in [1.29, 1.82) is 0 Å². The second kappa shape index (κ2) is 5.08. The summed E-state index contributed by atoms with van der Waals surface area (Å²) in [6, 6.07) is 4.76. The van der Waals surface area contributed by atoms with Crippen LogP contribution in [0.15, 0.2) is 24.5 Å². The summed E-state index contributed by atoms with van der Waals surface area (Å²) in [4.78, 5) is 4.00. The standard InChI is InChI=1S/C11H16N3/c1-5-12-6-2-10(1)3-8-14-11-4-7-13-9-11/h1-2,5-6,11,14H,3-4,7-9H2. The van der Waals surface area contributed by atoms with E-state index in [1.807, 2.05) is 12.4 Å². The van der Waals surface area contributed by atoms with Crippen LogP contribution < -0.4 is 10.6 Å². The first kappa shape index (κ1) is 9.62. The molecule has 0 amide bonds. The van der Waals surface area contributed by atoms with Crippen LogP contribution in [0.4, 0.5) is 0 Å². The molecule has 0 saturated carbocycles. The van der Waals surface area contributed by atoms with Crippen LogP contribution in [0.25, 0.3) is 0 Å². The highest BCUT2D eigenvalue weighted by molar-refractivity contribution is 5.09.